The van der Waals surface area contributed by atoms with Gasteiger partial charge in [0.25, 0.3) is 0 Å². The molecule has 0 aliphatic rings. The molecule has 1 N–H and O–H groups in total. The van der Waals surface area contributed by atoms with Crippen LogP contribution in [0.25, 0.3) is 10.8 Å². The number of nitrogens with one attached hydrogen (secondary N) is 1. The van der Waals surface area contributed by atoms with Crippen molar-refractivity contribution < 1.29 is 14.3 Å². The molecule has 2 aromatic rings. The second kappa shape index (κ2) is 4.87. The molecule has 18 heavy (non-hydrogen) atoms. The first-order valence-corrected chi connectivity index (χ1v) is 5.55. The van der Waals surface area contributed by atoms with Crippen LogP contribution in [-0.4, -0.2) is 11.9 Å². The molecule has 0 spiro atoms. The monoisotopic (exact) mass is 243 g/mol. The molecule has 0 atom stereocenters. The van der Waals surface area contributed by atoms with Crippen molar-refractivity contribution in [3.63, 3.8) is 0 Å². The zero-order valence-corrected chi connectivity index (χ0v) is 10.2. The van der Waals surface area contributed by atoms with E-state index in [1.54, 1.807) is 12.1 Å². The van der Waals surface area contributed by atoms with Gasteiger partial charge in [0.1, 0.15) is 5.75 Å². The van der Waals surface area contributed by atoms with E-state index in [0.717, 1.165) is 16.5 Å². The van der Waals surface area contributed by atoms with Gasteiger partial charge in [-0.2, -0.15) is 0 Å². The number of amides is 1. The van der Waals surface area contributed by atoms with Crippen LogP contribution in [0, 0.1) is 0 Å². The average Bonchev–Trinajstić information content (AvgIpc) is 2.27. The number of hydrogen-bond acceptors (Lipinski definition) is 3. The zero-order valence-electron chi connectivity index (χ0n) is 10.2. The Kier molecular flexibility index (Phi) is 3.28. The minimum Gasteiger partial charge on any atom is -0.427 e. The van der Waals surface area contributed by atoms with Gasteiger partial charge in [-0.3, -0.25) is 9.59 Å². The molecule has 4 nitrogen and oxygen atoms in total. The van der Waals surface area contributed by atoms with E-state index in [0.29, 0.717) is 5.75 Å². The largest absolute Gasteiger partial charge is 0.427 e. The van der Waals surface area contributed by atoms with Gasteiger partial charge < -0.3 is 10.1 Å². The summed E-state index contributed by atoms with van der Waals surface area (Å²) in [6.07, 6.45) is 0. The Balaban J connectivity index is 2.46. The van der Waals surface area contributed by atoms with Gasteiger partial charge in [0.15, 0.2) is 0 Å². The molecule has 1 amide bonds. The molecule has 0 saturated heterocycles. The third-order valence-corrected chi connectivity index (χ3v) is 2.42. The first-order valence-electron chi connectivity index (χ1n) is 5.55. The van der Waals surface area contributed by atoms with Crippen molar-refractivity contribution >= 4 is 28.3 Å². The number of esters is 1. The molecule has 0 aliphatic heterocycles. The SMILES string of the molecule is CC(=O)Nc1cccc2cc(OC(C)=O)ccc12. The summed E-state index contributed by atoms with van der Waals surface area (Å²) in [5.41, 5.74) is 0.745. The van der Waals surface area contributed by atoms with E-state index >= 15 is 0 Å². The number of fused-ring (bicyclic) bond motifs is 1. The summed E-state index contributed by atoms with van der Waals surface area (Å²) in [4.78, 5) is 22.0. The van der Waals surface area contributed by atoms with Crippen molar-refractivity contribution in [2.45, 2.75) is 13.8 Å². The topological polar surface area (TPSA) is 55.4 Å². The fraction of sp³-hybridized carbons (Fsp3) is 0.143. The Bertz CT molecular complexity index is 619. The lowest BCUT2D eigenvalue weighted by Crippen LogP contribution is -2.06. The van der Waals surface area contributed by atoms with Crippen LogP contribution >= 0.6 is 0 Å². The summed E-state index contributed by atoms with van der Waals surface area (Å²) in [6, 6.07) is 10.9. The van der Waals surface area contributed by atoms with Crippen LogP contribution < -0.4 is 10.1 Å². The lowest BCUT2D eigenvalue weighted by atomic mass is 10.1. The average molecular weight is 243 g/mol. The molecule has 92 valence electrons. The lowest BCUT2D eigenvalue weighted by molar-refractivity contribution is -0.131. The van der Waals surface area contributed by atoms with Crippen LogP contribution in [0.2, 0.25) is 0 Å². The van der Waals surface area contributed by atoms with Crippen LogP contribution in [0.5, 0.6) is 5.75 Å². The molecule has 0 saturated carbocycles. The van der Waals surface area contributed by atoms with Crippen LogP contribution in [-0.2, 0) is 9.59 Å². The predicted molar refractivity (Wildman–Crippen MR) is 69.6 cm³/mol. The van der Waals surface area contributed by atoms with Gasteiger partial charge in [0.2, 0.25) is 5.91 Å². The minimum absolute atomic E-state index is 0.119. The van der Waals surface area contributed by atoms with E-state index in [2.05, 4.69) is 5.32 Å². The number of carbonyl (C=O) groups is 2. The van der Waals surface area contributed by atoms with E-state index in [4.69, 9.17) is 4.74 Å². The molecular weight excluding hydrogens is 230 g/mol. The molecule has 0 radical (unpaired) electrons. The van der Waals surface area contributed by atoms with E-state index < -0.39 is 0 Å². The van der Waals surface area contributed by atoms with Gasteiger partial charge in [-0.25, -0.2) is 0 Å². The number of carbonyl (C=O) groups excluding carboxylic acids is 2. The molecule has 0 bridgehead atoms. The van der Waals surface area contributed by atoms with Crippen molar-refractivity contribution in [2.75, 3.05) is 5.32 Å². The van der Waals surface area contributed by atoms with Crippen molar-refractivity contribution in [3.05, 3.63) is 36.4 Å². The number of ether oxygens (including phenoxy) is 1. The first-order chi connectivity index (χ1) is 8.56. The van der Waals surface area contributed by atoms with Crippen molar-refractivity contribution in [1.29, 1.82) is 0 Å². The maximum absolute atomic E-state index is 11.1. The molecule has 0 aliphatic carbocycles. The van der Waals surface area contributed by atoms with Gasteiger partial charge in [-0.15, -0.1) is 0 Å². The van der Waals surface area contributed by atoms with Crippen LogP contribution in [0.15, 0.2) is 36.4 Å². The van der Waals surface area contributed by atoms with Gasteiger partial charge >= 0.3 is 5.97 Å². The van der Waals surface area contributed by atoms with Crippen molar-refractivity contribution in [3.8, 4) is 5.75 Å². The highest BCUT2D eigenvalue weighted by molar-refractivity contribution is 6.01. The molecule has 0 unspecified atom stereocenters. The number of hydrogen-bond donors (Lipinski definition) is 1. The van der Waals surface area contributed by atoms with E-state index in [9.17, 15) is 9.59 Å². The second-order valence-electron chi connectivity index (χ2n) is 3.96. The highest BCUT2D eigenvalue weighted by Gasteiger charge is 2.04. The predicted octanol–water partition coefficient (Wildman–Crippen LogP) is 2.72. The standard InChI is InChI=1S/C14H13NO3/c1-9(16)15-14-5-3-4-11-8-12(18-10(2)17)6-7-13(11)14/h3-8H,1-2H3,(H,15,16). The molecule has 0 fully saturated rings. The van der Waals surface area contributed by atoms with E-state index in [-0.39, 0.29) is 11.9 Å². The molecule has 0 aromatic heterocycles. The number of rotatable bonds is 2. The molecular formula is C14H13NO3. The first kappa shape index (κ1) is 12.1. The third-order valence-electron chi connectivity index (χ3n) is 2.42. The Morgan fingerprint density at radius 2 is 1.89 bits per heavy atom. The second-order valence-corrected chi connectivity index (χ2v) is 3.96. The number of benzene rings is 2. The fourth-order valence-corrected chi connectivity index (χ4v) is 1.79. The summed E-state index contributed by atoms with van der Waals surface area (Å²) in [5.74, 6) is 0.0221. The Morgan fingerprint density at radius 1 is 1.11 bits per heavy atom. The smallest absolute Gasteiger partial charge is 0.308 e. The quantitative estimate of drug-likeness (QED) is 0.651. The third kappa shape index (κ3) is 2.66. The zero-order chi connectivity index (χ0) is 13.1. The highest BCUT2D eigenvalue weighted by Crippen LogP contribution is 2.27. The van der Waals surface area contributed by atoms with Gasteiger partial charge in [-0.1, -0.05) is 12.1 Å². The van der Waals surface area contributed by atoms with Crippen LogP contribution in [0.4, 0.5) is 5.69 Å². The maximum atomic E-state index is 11.1. The summed E-state index contributed by atoms with van der Waals surface area (Å²) in [5, 5.41) is 4.57. The summed E-state index contributed by atoms with van der Waals surface area (Å²) in [7, 11) is 0. The normalized spacial score (nSPS) is 10.1. The Hall–Kier alpha value is -2.36. The molecule has 2 aromatic carbocycles. The number of anilines is 1. The Labute approximate surface area is 105 Å². The summed E-state index contributed by atoms with van der Waals surface area (Å²) in [6.45, 7) is 2.82. The van der Waals surface area contributed by atoms with Crippen LogP contribution in [0.3, 0.4) is 0 Å². The van der Waals surface area contributed by atoms with Gasteiger partial charge in [-0.05, 0) is 29.7 Å². The lowest BCUT2D eigenvalue weighted by Gasteiger charge is -2.08. The van der Waals surface area contributed by atoms with Crippen LogP contribution in [0.1, 0.15) is 13.8 Å². The van der Waals surface area contributed by atoms with E-state index in [1.807, 2.05) is 24.3 Å². The molecule has 0 heterocycles. The fourth-order valence-electron chi connectivity index (χ4n) is 1.79. The van der Waals surface area contributed by atoms with Gasteiger partial charge in [0.05, 0.1) is 0 Å². The maximum Gasteiger partial charge on any atom is 0.308 e. The summed E-state index contributed by atoms with van der Waals surface area (Å²) < 4.78 is 5.02. The van der Waals surface area contributed by atoms with Crippen molar-refractivity contribution in [1.82, 2.24) is 0 Å². The highest BCUT2D eigenvalue weighted by atomic mass is 16.5. The molecule has 4 heteroatoms. The van der Waals surface area contributed by atoms with Gasteiger partial charge in [0, 0.05) is 24.9 Å². The molecule has 2 rings (SSSR count). The Morgan fingerprint density at radius 3 is 2.56 bits per heavy atom. The minimum atomic E-state index is -0.354. The van der Waals surface area contributed by atoms with E-state index in [1.165, 1.54) is 13.8 Å². The summed E-state index contributed by atoms with van der Waals surface area (Å²) >= 11 is 0. The van der Waals surface area contributed by atoms with Crippen molar-refractivity contribution in [2.24, 2.45) is 0 Å².